The van der Waals surface area contributed by atoms with Crippen molar-refractivity contribution in [2.45, 2.75) is 30.9 Å². The van der Waals surface area contributed by atoms with Gasteiger partial charge in [-0.25, -0.2) is 4.98 Å². The number of thioether (sulfide) groups is 1. The lowest BCUT2D eigenvalue weighted by molar-refractivity contribution is -0.139. The number of esters is 1. The molecule has 0 spiro atoms. The predicted molar refractivity (Wildman–Crippen MR) is 76.8 cm³/mol. The maximum Gasteiger partial charge on any atom is 0.316 e. The van der Waals surface area contributed by atoms with Gasteiger partial charge in [-0.2, -0.15) is 0 Å². The normalized spacial score (nSPS) is 16.2. The van der Waals surface area contributed by atoms with Crippen molar-refractivity contribution in [1.82, 2.24) is 9.97 Å². The second kappa shape index (κ2) is 7.44. The third-order valence-electron chi connectivity index (χ3n) is 3.03. The van der Waals surface area contributed by atoms with Crippen LogP contribution in [0.15, 0.2) is 17.4 Å². The van der Waals surface area contributed by atoms with Gasteiger partial charge in [-0.3, -0.25) is 9.78 Å². The Morgan fingerprint density at radius 3 is 2.95 bits per heavy atom. The van der Waals surface area contributed by atoms with E-state index in [1.807, 2.05) is 0 Å². The largest absolute Gasteiger partial charge is 0.465 e. The highest BCUT2D eigenvalue weighted by Gasteiger charge is 2.18. The molecule has 1 saturated heterocycles. The molecule has 0 atom stereocenters. The number of aliphatic hydroxyl groups excluding tert-OH is 1. The van der Waals surface area contributed by atoms with Gasteiger partial charge in [0.05, 0.1) is 30.9 Å². The maximum atomic E-state index is 11.3. The summed E-state index contributed by atoms with van der Waals surface area (Å²) in [6.07, 6.45) is 4.66. The molecule has 0 amide bonds. The van der Waals surface area contributed by atoms with Crippen LogP contribution < -0.4 is 4.90 Å². The second-order valence-corrected chi connectivity index (χ2v) is 5.52. The molecule has 0 unspecified atom stereocenters. The number of nitrogens with zero attached hydrogens (tertiary/aromatic N) is 3. The second-order valence-electron chi connectivity index (χ2n) is 4.53. The van der Waals surface area contributed by atoms with Crippen molar-refractivity contribution in [3.05, 3.63) is 12.4 Å². The zero-order valence-electron chi connectivity index (χ0n) is 11.5. The fourth-order valence-corrected chi connectivity index (χ4v) is 2.63. The van der Waals surface area contributed by atoms with E-state index in [0.717, 1.165) is 31.7 Å². The minimum absolute atomic E-state index is 0.208. The number of hydrogen-bond donors (Lipinski definition) is 1. The Balaban J connectivity index is 1.92. The number of carbonyl (C=O) groups excluding carboxylic acids is 1. The molecule has 1 aliphatic heterocycles. The standard InChI is InChI=1S/C13H19N3O3S/c1-2-19-13(18)9-20-12-8-14-7-11(15-12)16-5-3-10(17)4-6-16/h7-8,10,17H,2-6,9H2,1H3. The molecule has 0 aliphatic carbocycles. The average Bonchev–Trinajstić information content (AvgIpc) is 2.47. The SMILES string of the molecule is CCOC(=O)CSc1cncc(N2CCC(O)CC2)n1. The fraction of sp³-hybridized carbons (Fsp3) is 0.615. The molecule has 2 rings (SSSR count). The van der Waals surface area contributed by atoms with Crippen molar-refractivity contribution >= 4 is 23.5 Å². The lowest BCUT2D eigenvalue weighted by Crippen LogP contribution is -2.36. The molecule has 110 valence electrons. The van der Waals surface area contributed by atoms with Crippen molar-refractivity contribution in [3.8, 4) is 0 Å². The Labute approximate surface area is 122 Å². The van der Waals surface area contributed by atoms with E-state index in [4.69, 9.17) is 4.74 Å². The Morgan fingerprint density at radius 2 is 2.25 bits per heavy atom. The molecule has 1 N–H and O–H groups in total. The first-order chi connectivity index (χ1) is 9.69. The van der Waals surface area contributed by atoms with Crippen LogP contribution in [0.5, 0.6) is 0 Å². The molecule has 1 aromatic heterocycles. The van der Waals surface area contributed by atoms with Gasteiger partial charge in [-0.05, 0) is 19.8 Å². The van der Waals surface area contributed by atoms with E-state index in [2.05, 4.69) is 14.9 Å². The first-order valence-electron chi connectivity index (χ1n) is 6.72. The van der Waals surface area contributed by atoms with Crippen LogP contribution in [-0.2, 0) is 9.53 Å². The summed E-state index contributed by atoms with van der Waals surface area (Å²) in [5, 5.41) is 10.2. The van der Waals surface area contributed by atoms with Gasteiger partial charge < -0.3 is 14.7 Å². The smallest absolute Gasteiger partial charge is 0.316 e. The molecule has 6 nitrogen and oxygen atoms in total. The van der Waals surface area contributed by atoms with E-state index in [9.17, 15) is 9.90 Å². The minimum atomic E-state index is -0.245. The molecule has 0 saturated carbocycles. The molecule has 0 radical (unpaired) electrons. The quantitative estimate of drug-likeness (QED) is 0.644. The summed E-state index contributed by atoms with van der Waals surface area (Å²) < 4.78 is 4.88. The van der Waals surface area contributed by atoms with Crippen molar-refractivity contribution < 1.29 is 14.6 Å². The van der Waals surface area contributed by atoms with Gasteiger partial charge in [0.25, 0.3) is 0 Å². The number of aromatic nitrogens is 2. The van der Waals surface area contributed by atoms with Crippen molar-refractivity contribution in [2.75, 3.05) is 30.3 Å². The number of piperidine rings is 1. The lowest BCUT2D eigenvalue weighted by atomic mass is 10.1. The Kier molecular flexibility index (Phi) is 5.60. The minimum Gasteiger partial charge on any atom is -0.465 e. The number of rotatable bonds is 5. The van der Waals surface area contributed by atoms with Crippen LogP contribution in [0.1, 0.15) is 19.8 Å². The first kappa shape index (κ1) is 15.1. The Bertz CT molecular complexity index is 450. The molecule has 1 aromatic rings. The molecule has 0 bridgehead atoms. The molecule has 7 heteroatoms. The summed E-state index contributed by atoms with van der Waals surface area (Å²) in [5.41, 5.74) is 0. The fourth-order valence-electron chi connectivity index (χ4n) is 1.99. The number of ether oxygens (including phenoxy) is 1. The molecular weight excluding hydrogens is 278 g/mol. The van der Waals surface area contributed by atoms with Crippen LogP contribution in [-0.4, -0.2) is 52.6 Å². The van der Waals surface area contributed by atoms with Crippen molar-refractivity contribution in [1.29, 1.82) is 0 Å². The van der Waals surface area contributed by atoms with Gasteiger partial charge in [0.15, 0.2) is 0 Å². The maximum absolute atomic E-state index is 11.3. The van der Waals surface area contributed by atoms with Crippen molar-refractivity contribution in [3.63, 3.8) is 0 Å². The summed E-state index contributed by atoms with van der Waals surface area (Å²) in [7, 11) is 0. The van der Waals surface area contributed by atoms with Crippen LogP contribution in [0.4, 0.5) is 5.82 Å². The highest BCUT2D eigenvalue weighted by Crippen LogP contribution is 2.21. The monoisotopic (exact) mass is 297 g/mol. The lowest BCUT2D eigenvalue weighted by Gasteiger charge is -2.30. The Hall–Kier alpha value is -1.34. The summed E-state index contributed by atoms with van der Waals surface area (Å²) in [5.74, 6) is 0.793. The van der Waals surface area contributed by atoms with Gasteiger partial charge in [0.1, 0.15) is 10.8 Å². The third kappa shape index (κ3) is 4.35. The summed E-state index contributed by atoms with van der Waals surface area (Å²) >= 11 is 1.32. The zero-order valence-corrected chi connectivity index (χ0v) is 12.3. The van der Waals surface area contributed by atoms with Crippen LogP contribution in [0, 0.1) is 0 Å². The number of carbonyl (C=O) groups is 1. The van der Waals surface area contributed by atoms with E-state index < -0.39 is 0 Å². The van der Waals surface area contributed by atoms with Gasteiger partial charge in [-0.1, -0.05) is 11.8 Å². The average molecular weight is 297 g/mol. The molecule has 20 heavy (non-hydrogen) atoms. The first-order valence-corrected chi connectivity index (χ1v) is 7.71. The number of aliphatic hydroxyl groups is 1. The molecule has 1 fully saturated rings. The molecule has 1 aliphatic rings. The van der Waals surface area contributed by atoms with Crippen LogP contribution >= 0.6 is 11.8 Å². The summed E-state index contributed by atoms with van der Waals surface area (Å²) in [6, 6.07) is 0. The van der Waals surface area contributed by atoms with Crippen molar-refractivity contribution in [2.24, 2.45) is 0 Å². The van der Waals surface area contributed by atoms with Gasteiger partial charge >= 0.3 is 5.97 Å². The number of anilines is 1. The summed E-state index contributed by atoms with van der Waals surface area (Å²) in [4.78, 5) is 22.1. The third-order valence-corrected chi connectivity index (χ3v) is 3.90. The molecule has 0 aromatic carbocycles. The van der Waals surface area contributed by atoms with Crippen LogP contribution in [0.25, 0.3) is 0 Å². The van der Waals surface area contributed by atoms with E-state index in [-0.39, 0.29) is 17.8 Å². The van der Waals surface area contributed by atoms with E-state index in [1.165, 1.54) is 11.8 Å². The molecular formula is C13H19N3O3S. The topological polar surface area (TPSA) is 75.5 Å². The van der Waals surface area contributed by atoms with Gasteiger partial charge in [0, 0.05) is 13.1 Å². The zero-order chi connectivity index (χ0) is 14.4. The highest BCUT2D eigenvalue weighted by atomic mass is 32.2. The van der Waals surface area contributed by atoms with Gasteiger partial charge in [-0.15, -0.1) is 0 Å². The van der Waals surface area contributed by atoms with E-state index in [0.29, 0.717) is 11.6 Å². The molecule has 2 heterocycles. The van der Waals surface area contributed by atoms with Crippen LogP contribution in [0.2, 0.25) is 0 Å². The van der Waals surface area contributed by atoms with E-state index in [1.54, 1.807) is 19.3 Å². The Morgan fingerprint density at radius 1 is 1.50 bits per heavy atom. The van der Waals surface area contributed by atoms with E-state index >= 15 is 0 Å². The summed E-state index contributed by atoms with van der Waals surface area (Å²) in [6.45, 7) is 3.73. The van der Waals surface area contributed by atoms with Gasteiger partial charge in [0.2, 0.25) is 0 Å². The number of hydrogen-bond acceptors (Lipinski definition) is 7. The van der Waals surface area contributed by atoms with Crippen LogP contribution in [0.3, 0.4) is 0 Å². The predicted octanol–water partition coefficient (Wildman–Crippen LogP) is 1.09. The highest BCUT2D eigenvalue weighted by molar-refractivity contribution is 7.99.